The fourth-order valence-corrected chi connectivity index (χ4v) is 5.07. The Morgan fingerprint density at radius 3 is 2.72 bits per heavy atom. The first-order chi connectivity index (χ1) is 17.6. The number of rotatable bonds is 5. The summed E-state index contributed by atoms with van der Waals surface area (Å²) in [6.07, 6.45) is 1.90. The minimum absolute atomic E-state index is 0.000397. The van der Waals surface area contributed by atoms with Gasteiger partial charge in [-0.05, 0) is 55.3 Å². The van der Waals surface area contributed by atoms with Crippen LogP contribution in [0.25, 0.3) is 11.5 Å². The SMILES string of the molecule is COc1ccc(N2CC(C(=O)N3CCCC(c4nnc(-c5ccc6c(c5)OCO6)o4)C3)CC2=O)cc1. The molecule has 3 aromatic rings. The van der Waals surface area contributed by atoms with Crippen LogP contribution in [0.1, 0.15) is 31.1 Å². The molecule has 10 heteroatoms. The van der Waals surface area contributed by atoms with Crippen molar-refractivity contribution >= 4 is 17.5 Å². The van der Waals surface area contributed by atoms with Crippen LogP contribution in [0, 0.1) is 5.92 Å². The van der Waals surface area contributed by atoms with Gasteiger partial charge in [0.25, 0.3) is 0 Å². The molecular weight excluding hydrogens is 464 g/mol. The zero-order chi connectivity index (χ0) is 24.6. The highest BCUT2D eigenvalue weighted by molar-refractivity contribution is 6.00. The van der Waals surface area contributed by atoms with E-state index in [4.69, 9.17) is 18.6 Å². The molecule has 2 atom stereocenters. The number of aromatic nitrogens is 2. The summed E-state index contributed by atoms with van der Waals surface area (Å²) in [6, 6.07) is 12.8. The number of anilines is 1. The molecule has 186 valence electrons. The van der Waals surface area contributed by atoms with Crippen molar-refractivity contribution in [3.05, 3.63) is 48.4 Å². The summed E-state index contributed by atoms with van der Waals surface area (Å²) >= 11 is 0. The molecule has 2 aromatic carbocycles. The second-order valence-electron chi connectivity index (χ2n) is 9.24. The second-order valence-corrected chi connectivity index (χ2v) is 9.24. The maximum Gasteiger partial charge on any atom is 0.247 e. The van der Waals surface area contributed by atoms with Gasteiger partial charge >= 0.3 is 0 Å². The zero-order valence-electron chi connectivity index (χ0n) is 19.9. The lowest BCUT2D eigenvalue weighted by atomic mass is 9.96. The van der Waals surface area contributed by atoms with E-state index >= 15 is 0 Å². The molecule has 6 rings (SSSR count). The minimum atomic E-state index is -0.370. The zero-order valence-corrected chi connectivity index (χ0v) is 19.9. The van der Waals surface area contributed by atoms with E-state index in [9.17, 15) is 9.59 Å². The Kier molecular flexibility index (Phi) is 5.71. The Labute approximate surface area is 207 Å². The predicted octanol–water partition coefficient (Wildman–Crippen LogP) is 3.23. The van der Waals surface area contributed by atoms with Crippen LogP contribution in [0.3, 0.4) is 0 Å². The molecule has 0 spiro atoms. The number of amides is 2. The molecule has 0 radical (unpaired) electrons. The first kappa shape index (κ1) is 22.4. The van der Waals surface area contributed by atoms with E-state index in [1.54, 1.807) is 12.0 Å². The van der Waals surface area contributed by atoms with Crippen LogP contribution < -0.4 is 19.1 Å². The van der Waals surface area contributed by atoms with Gasteiger partial charge in [0.1, 0.15) is 5.75 Å². The van der Waals surface area contributed by atoms with Crippen molar-refractivity contribution in [1.82, 2.24) is 15.1 Å². The Bertz CT molecular complexity index is 1290. The maximum absolute atomic E-state index is 13.4. The third-order valence-electron chi connectivity index (χ3n) is 7.00. The molecule has 2 amide bonds. The van der Waals surface area contributed by atoms with Crippen LogP contribution in [-0.4, -0.2) is 60.4 Å². The maximum atomic E-state index is 13.4. The molecule has 0 N–H and O–H groups in total. The minimum Gasteiger partial charge on any atom is -0.497 e. The molecule has 0 saturated carbocycles. The smallest absolute Gasteiger partial charge is 0.247 e. The van der Waals surface area contributed by atoms with Crippen LogP contribution in [0.15, 0.2) is 46.9 Å². The van der Waals surface area contributed by atoms with Gasteiger partial charge in [-0.25, -0.2) is 0 Å². The van der Waals surface area contributed by atoms with Crippen molar-refractivity contribution in [2.45, 2.75) is 25.2 Å². The van der Waals surface area contributed by atoms with E-state index in [2.05, 4.69) is 10.2 Å². The average molecular weight is 491 g/mol. The monoisotopic (exact) mass is 490 g/mol. The molecule has 36 heavy (non-hydrogen) atoms. The molecular formula is C26H26N4O6. The van der Waals surface area contributed by atoms with Crippen LogP contribution in [0.5, 0.6) is 17.2 Å². The topological polar surface area (TPSA) is 107 Å². The third kappa shape index (κ3) is 4.12. The summed E-state index contributed by atoms with van der Waals surface area (Å²) in [4.78, 5) is 29.6. The number of piperidine rings is 1. The third-order valence-corrected chi connectivity index (χ3v) is 7.00. The van der Waals surface area contributed by atoms with Crippen molar-refractivity contribution in [2.75, 3.05) is 38.4 Å². The average Bonchev–Trinajstić information content (AvgIpc) is 3.67. The highest BCUT2D eigenvalue weighted by Gasteiger charge is 2.39. The van der Waals surface area contributed by atoms with Gasteiger partial charge in [-0.1, -0.05) is 0 Å². The number of ether oxygens (including phenoxy) is 3. The molecule has 0 bridgehead atoms. The highest BCUT2D eigenvalue weighted by Crippen LogP contribution is 2.37. The molecule has 0 aliphatic carbocycles. The van der Waals surface area contributed by atoms with Crippen molar-refractivity contribution in [3.63, 3.8) is 0 Å². The molecule has 3 aliphatic heterocycles. The van der Waals surface area contributed by atoms with Crippen LogP contribution >= 0.6 is 0 Å². The largest absolute Gasteiger partial charge is 0.497 e. The number of hydrogen-bond donors (Lipinski definition) is 0. The van der Waals surface area contributed by atoms with Crippen molar-refractivity contribution in [1.29, 1.82) is 0 Å². The van der Waals surface area contributed by atoms with Crippen LogP contribution in [0.2, 0.25) is 0 Å². The first-order valence-electron chi connectivity index (χ1n) is 12.1. The summed E-state index contributed by atoms with van der Waals surface area (Å²) in [5, 5.41) is 8.50. The van der Waals surface area contributed by atoms with Gasteiger partial charge in [0.2, 0.25) is 30.4 Å². The van der Waals surface area contributed by atoms with Crippen LogP contribution in [0.4, 0.5) is 5.69 Å². The summed E-state index contributed by atoms with van der Waals surface area (Å²) in [6.45, 7) is 1.73. The van der Waals surface area contributed by atoms with Crippen molar-refractivity contribution < 1.29 is 28.2 Å². The van der Waals surface area contributed by atoms with E-state index < -0.39 is 0 Å². The van der Waals surface area contributed by atoms with Crippen molar-refractivity contribution in [2.24, 2.45) is 5.92 Å². The van der Waals surface area contributed by atoms with E-state index in [1.807, 2.05) is 47.4 Å². The van der Waals surface area contributed by atoms with E-state index in [0.717, 1.165) is 29.8 Å². The molecule has 3 aliphatic rings. The first-order valence-corrected chi connectivity index (χ1v) is 12.1. The lowest BCUT2D eigenvalue weighted by Gasteiger charge is -2.32. The Balaban J connectivity index is 1.12. The Hall–Kier alpha value is -4.08. The van der Waals surface area contributed by atoms with Gasteiger partial charge in [0.15, 0.2) is 11.5 Å². The number of likely N-dealkylation sites (tertiary alicyclic amines) is 1. The summed E-state index contributed by atoms with van der Waals surface area (Å²) in [5.74, 6) is 2.52. The molecule has 1 aromatic heterocycles. The van der Waals surface area contributed by atoms with Gasteiger partial charge in [0, 0.05) is 37.3 Å². The number of methoxy groups -OCH3 is 1. The summed E-state index contributed by atoms with van der Waals surface area (Å²) < 4.78 is 22.0. The lowest BCUT2D eigenvalue weighted by Crippen LogP contribution is -2.43. The Morgan fingerprint density at radius 2 is 1.89 bits per heavy atom. The van der Waals surface area contributed by atoms with Gasteiger partial charge in [0.05, 0.1) is 18.9 Å². The van der Waals surface area contributed by atoms with Gasteiger partial charge in [-0.3, -0.25) is 9.59 Å². The molecule has 10 nitrogen and oxygen atoms in total. The number of nitrogens with zero attached hydrogens (tertiary/aromatic N) is 4. The fourth-order valence-electron chi connectivity index (χ4n) is 5.07. The second kappa shape index (κ2) is 9.18. The quantitative estimate of drug-likeness (QED) is 0.537. The number of carbonyl (C=O) groups is 2. The summed E-state index contributed by atoms with van der Waals surface area (Å²) in [5.41, 5.74) is 1.53. The standard InChI is InChI=1S/C26H26N4O6/c1-33-20-7-5-19(6-8-20)30-14-18(12-23(30)31)26(32)29-10-2-3-17(13-29)25-28-27-24(36-25)16-4-9-21-22(11-16)35-15-34-21/h4-9,11,17-18H,2-3,10,12-15H2,1H3. The number of fused-ring (bicyclic) bond motifs is 1. The van der Waals surface area contributed by atoms with E-state index in [0.29, 0.717) is 42.9 Å². The fraction of sp³-hybridized carbons (Fsp3) is 0.385. The lowest BCUT2D eigenvalue weighted by molar-refractivity contribution is -0.137. The predicted molar refractivity (Wildman–Crippen MR) is 128 cm³/mol. The van der Waals surface area contributed by atoms with E-state index in [1.165, 1.54) is 0 Å². The molecule has 2 unspecified atom stereocenters. The van der Waals surface area contributed by atoms with Crippen molar-refractivity contribution in [3.8, 4) is 28.7 Å². The Morgan fingerprint density at radius 1 is 1.06 bits per heavy atom. The van der Waals surface area contributed by atoms with Gasteiger partial charge in [-0.15, -0.1) is 10.2 Å². The highest BCUT2D eigenvalue weighted by atomic mass is 16.7. The number of benzene rings is 2. The van der Waals surface area contributed by atoms with Gasteiger partial charge < -0.3 is 28.4 Å². The normalized spacial score (nSPS) is 21.2. The molecule has 2 saturated heterocycles. The molecule has 2 fully saturated rings. The van der Waals surface area contributed by atoms with Crippen LogP contribution in [-0.2, 0) is 9.59 Å². The van der Waals surface area contributed by atoms with E-state index in [-0.39, 0.29) is 36.9 Å². The number of hydrogen-bond acceptors (Lipinski definition) is 8. The van der Waals surface area contributed by atoms with Gasteiger partial charge in [-0.2, -0.15) is 0 Å². The molecule has 4 heterocycles. The summed E-state index contributed by atoms with van der Waals surface area (Å²) in [7, 11) is 1.60. The number of carbonyl (C=O) groups excluding carboxylic acids is 2.